The molecule has 17 heavy (non-hydrogen) atoms. The monoisotopic (exact) mass is 246 g/mol. The molecule has 2 atom stereocenters. The average molecular weight is 246 g/mol. The molecule has 0 radical (unpaired) electrons. The fourth-order valence-electron chi connectivity index (χ4n) is 1.05. The summed E-state index contributed by atoms with van der Waals surface area (Å²) in [6.07, 6.45) is 0.370. The zero-order chi connectivity index (χ0) is 13.1. The summed E-state index contributed by atoms with van der Waals surface area (Å²) in [5.41, 5.74) is 0. The molecule has 0 heterocycles. The van der Waals surface area contributed by atoms with Crippen LogP contribution in [0.1, 0.15) is 12.8 Å². The minimum absolute atomic E-state index is 0.0319. The van der Waals surface area contributed by atoms with Gasteiger partial charge in [0.25, 0.3) is 0 Å². The lowest BCUT2D eigenvalue weighted by molar-refractivity contribution is -0.146. The number of carbonyl (C=O) groups excluding carboxylic acids is 1. The first-order chi connectivity index (χ1) is 8.19. The van der Waals surface area contributed by atoms with Gasteiger partial charge in [0.2, 0.25) is 0 Å². The van der Waals surface area contributed by atoms with E-state index in [9.17, 15) is 9.70 Å². The van der Waals surface area contributed by atoms with E-state index in [-0.39, 0.29) is 19.4 Å². The van der Waals surface area contributed by atoms with Crippen molar-refractivity contribution in [3.8, 4) is 0 Å². The molecule has 11 nitrogen and oxygen atoms in total. The number of carbonyl (C=O) groups is 1. The van der Waals surface area contributed by atoms with E-state index >= 15 is 0 Å². The van der Waals surface area contributed by atoms with Gasteiger partial charge in [-0.25, -0.2) is 4.79 Å². The molecule has 0 saturated heterocycles. The highest BCUT2D eigenvalue weighted by Gasteiger charge is 2.21. The summed E-state index contributed by atoms with van der Waals surface area (Å²) in [5, 5.41) is 15.6. The lowest BCUT2D eigenvalue weighted by atomic mass is 10.1. The fourth-order valence-corrected chi connectivity index (χ4v) is 1.05. The number of nitrogens with two attached hydrogens (primary N) is 3. The van der Waals surface area contributed by atoms with Gasteiger partial charge >= 0.3 is 5.97 Å². The van der Waals surface area contributed by atoms with Crippen LogP contribution in [0.3, 0.4) is 0 Å². The van der Waals surface area contributed by atoms with Gasteiger partial charge < -0.3 is 16.5 Å². The molecule has 0 bridgehead atoms. The lowest BCUT2D eigenvalue weighted by Gasteiger charge is -2.09. The molecule has 0 fully saturated rings. The number of nitrogens with zero attached hydrogens (tertiary/aromatic N) is 5. The molecule has 96 valence electrons. The summed E-state index contributed by atoms with van der Waals surface area (Å²) in [7, 11) is 0. The Morgan fingerprint density at radius 1 is 1.24 bits per heavy atom. The van der Waals surface area contributed by atoms with Crippen LogP contribution in [0.4, 0.5) is 0 Å². The Morgan fingerprint density at radius 2 is 1.94 bits per heavy atom. The maximum absolute atomic E-state index is 11.1. The van der Waals surface area contributed by atoms with Crippen LogP contribution < -0.4 is 17.6 Å². The molecule has 0 aliphatic carbocycles. The molecule has 0 spiro atoms. The Balaban J connectivity index is 4.26. The first-order valence-electron chi connectivity index (χ1n) is 4.59. The maximum Gasteiger partial charge on any atom is 0.351 e. The normalized spacial score (nSPS) is 14.9. The quantitative estimate of drug-likeness (QED) is 0.221. The van der Waals surface area contributed by atoms with Crippen molar-refractivity contribution in [2.24, 2.45) is 43.4 Å². The van der Waals surface area contributed by atoms with Crippen LogP contribution in [-0.2, 0) is 9.63 Å². The van der Waals surface area contributed by atoms with E-state index in [0.29, 0.717) is 0 Å². The third-order valence-electron chi connectivity index (χ3n) is 1.89. The van der Waals surface area contributed by atoms with Crippen LogP contribution in [0.2, 0.25) is 0 Å². The standard InChI is InChI=1S/C6H14N8O3/c7-13-10-3-4(12-16)1-2-5(11-14-8)6(15)17-9/h4-5H,1-3,9H2,(H2,7,10)(H2,8,11)/t4?,5-/m0/s1. The third kappa shape index (κ3) is 6.09. The van der Waals surface area contributed by atoms with Gasteiger partial charge in [0.15, 0.2) is 6.04 Å². The molecule has 0 aliphatic heterocycles. The highest BCUT2D eigenvalue weighted by molar-refractivity contribution is 5.75. The topological polar surface area (TPSA) is 183 Å². The van der Waals surface area contributed by atoms with Gasteiger partial charge in [-0.1, -0.05) is 15.6 Å². The molecule has 11 heteroatoms. The van der Waals surface area contributed by atoms with Crippen LogP contribution in [0.5, 0.6) is 0 Å². The Hall–Kier alpha value is -2.17. The van der Waals surface area contributed by atoms with Crippen LogP contribution in [-0.4, -0.2) is 24.6 Å². The van der Waals surface area contributed by atoms with Gasteiger partial charge in [-0.05, 0) is 12.8 Å². The van der Waals surface area contributed by atoms with Gasteiger partial charge in [-0.15, -0.1) is 0 Å². The summed E-state index contributed by atoms with van der Waals surface area (Å²) in [4.78, 5) is 25.5. The number of hydrogen-bond donors (Lipinski definition) is 3. The van der Waals surface area contributed by atoms with E-state index in [1.165, 1.54) is 0 Å². The van der Waals surface area contributed by atoms with Gasteiger partial charge in [-0.3, -0.25) is 0 Å². The summed E-state index contributed by atoms with van der Waals surface area (Å²) in [6.45, 7) is 0.0319. The SMILES string of the molecule is NN=NCC(CC[C@H](N=NN)C(=O)ON)N=O. The van der Waals surface area contributed by atoms with Crippen molar-refractivity contribution in [1.82, 2.24) is 0 Å². The van der Waals surface area contributed by atoms with Gasteiger partial charge in [0, 0.05) is 0 Å². The molecular formula is C6H14N8O3. The number of hydrogen-bond acceptors (Lipinski definition) is 9. The van der Waals surface area contributed by atoms with Crippen molar-refractivity contribution >= 4 is 5.97 Å². The molecule has 0 aromatic rings. The van der Waals surface area contributed by atoms with Crippen LogP contribution >= 0.6 is 0 Å². The average Bonchev–Trinajstić information content (AvgIpc) is 2.36. The number of rotatable bonds is 8. The van der Waals surface area contributed by atoms with Gasteiger partial charge in [0.05, 0.1) is 6.54 Å². The van der Waals surface area contributed by atoms with Crippen LogP contribution in [0.25, 0.3) is 0 Å². The van der Waals surface area contributed by atoms with E-state index in [1.807, 2.05) is 0 Å². The third-order valence-corrected chi connectivity index (χ3v) is 1.89. The second kappa shape index (κ2) is 9.08. The highest BCUT2D eigenvalue weighted by Crippen LogP contribution is 2.10. The van der Waals surface area contributed by atoms with E-state index in [4.69, 9.17) is 17.6 Å². The predicted molar refractivity (Wildman–Crippen MR) is 55.8 cm³/mol. The largest absolute Gasteiger partial charge is 0.372 e. The van der Waals surface area contributed by atoms with Gasteiger partial charge in [-0.2, -0.15) is 21.0 Å². The maximum atomic E-state index is 11.1. The summed E-state index contributed by atoms with van der Waals surface area (Å²) in [5.74, 6) is 13.5. The molecule has 6 N–H and O–H groups in total. The minimum atomic E-state index is -0.968. The second-order valence-corrected chi connectivity index (χ2v) is 2.96. The molecule has 0 aromatic carbocycles. The van der Waals surface area contributed by atoms with Crippen LogP contribution in [0.15, 0.2) is 25.9 Å². The Bertz CT molecular complexity index is 293. The zero-order valence-corrected chi connectivity index (χ0v) is 8.97. The fraction of sp³-hybridized carbons (Fsp3) is 0.833. The molecular weight excluding hydrogens is 232 g/mol. The van der Waals surface area contributed by atoms with Crippen molar-refractivity contribution in [2.75, 3.05) is 6.54 Å². The van der Waals surface area contributed by atoms with E-state index in [2.05, 4.69) is 30.7 Å². The Kier molecular flexibility index (Phi) is 7.93. The van der Waals surface area contributed by atoms with Crippen molar-refractivity contribution in [1.29, 1.82) is 0 Å². The summed E-state index contributed by atoms with van der Waals surface area (Å²) in [6, 6.07) is -1.63. The molecule has 0 aromatic heterocycles. The van der Waals surface area contributed by atoms with E-state index in [1.54, 1.807) is 0 Å². The van der Waals surface area contributed by atoms with Crippen molar-refractivity contribution in [2.45, 2.75) is 24.9 Å². The summed E-state index contributed by atoms with van der Waals surface area (Å²) >= 11 is 0. The van der Waals surface area contributed by atoms with Crippen molar-refractivity contribution in [3.63, 3.8) is 0 Å². The Labute approximate surface area is 96.3 Å². The molecule has 1 unspecified atom stereocenters. The predicted octanol–water partition coefficient (Wildman–Crippen LogP) is -0.661. The van der Waals surface area contributed by atoms with Crippen LogP contribution in [0, 0.1) is 4.91 Å². The smallest absolute Gasteiger partial charge is 0.351 e. The molecule has 0 saturated carbocycles. The molecule has 0 amide bonds. The highest BCUT2D eigenvalue weighted by atomic mass is 16.7. The lowest BCUT2D eigenvalue weighted by Crippen LogP contribution is -2.26. The minimum Gasteiger partial charge on any atom is -0.372 e. The summed E-state index contributed by atoms with van der Waals surface area (Å²) < 4.78 is 0. The molecule has 0 aliphatic rings. The van der Waals surface area contributed by atoms with Crippen molar-refractivity contribution in [3.05, 3.63) is 4.91 Å². The first-order valence-corrected chi connectivity index (χ1v) is 4.59. The van der Waals surface area contributed by atoms with E-state index < -0.39 is 18.1 Å². The number of nitroso groups, excluding NO2 is 1. The van der Waals surface area contributed by atoms with E-state index in [0.717, 1.165) is 0 Å². The van der Waals surface area contributed by atoms with Crippen molar-refractivity contribution < 1.29 is 9.63 Å². The van der Waals surface area contributed by atoms with Gasteiger partial charge in [0.1, 0.15) is 6.04 Å². The first kappa shape index (κ1) is 14.8. The second-order valence-electron chi connectivity index (χ2n) is 2.96. The molecule has 0 rings (SSSR count). The Morgan fingerprint density at radius 3 is 2.41 bits per heavy atom. The zero-order valence-electron chi connectivity index (χ0n) is 8.97.